The SMILES string of the molecule is CCc1cc(C)cc(OCC2CC2)c1. The highest BCUT2D eigenvalue weighted by Crippen LogP contribution is 2.29. The van der Waals surface area contributed by atoms with Gasteiger partial charge >= 0.3 is 0 Å². The van der Waals surface area contributed by atoms with Gasteiger partial charge in [-0.1, -0.05) is 13.0 Å². The van der Waals surface area contributed by atoms with Crippen molar-refractivity contribution in [3.05, 3.63) is 29.3 Å². The van der Waals surface area contributed by atoms with E-state index in [1.807, 2.05) is 0 Å². The van der Waals surface area contributed by atoms with E-state index in [1.54, 1.807) is 0 Å². The van der Waals surface area contributed by atoms with Crippen LogP contribution in [0.25, 0.3) is 0 Å². The van der Waals surface area contributed by atoms with Crippen LogP contribution in [0.2, 0.25) is 0 Å². The van der Waals surface area contributed by atoms with Crippen molar-refractivity contribution in [2.24, 2.45) is 5.92 Å². The van der Waals surface area contributed by atoms with Crippen molar-refractivity contribution >= 4 is 0 Å². The van der Waals surface area contributed by atoms with Gasteiger partial charge in [0.05, 0.1) is 6.61 Å². The highest BCUT2D eigenvalue weighted by atomic mass is 16.5. The fourth-order valence-electron chi connectivity index (χ4n) is 1.61. The largest absolute Gasteiger partial charge is 0.493 e. The summed E-state index contributed by atoms with van der Waals surface area (Å²) in [6.45, 7) is 5.22. The molecule has 14 heavy (non-hydrogen) atoms. The van der Waals surface area contributed by atoms with Crippen molar-refractivity contribution in [1.82, 2.24) is 0 Å². The number of rotatable bonds is 4. The Morgan fingerprint density at radius 3 is 2.71 bits per heavy atom. The molecule has 1 aromatic rings. The van der Waals surface area contributed by atoms with E-state index in [1.165, 1.54) is 24.0 Å². The summed E-state index contributed by atoms with van der Waals surface area (Å²) < 4.78 is 5.75. The van der Waals surface area contributed by atoms with E-state index < -0.39 is 0 Å². The smallest absolute Gasteiger partial charge is 0.119 e. The third kappa shape index (κ3) is 2.50. The number of hydrogen-bond acceptors (Lipinski definition) is 1. The molecule has 1 aromatic carbocycles. The third-order valence-electron chi connectivity index (χ3n) is 2.70. The Hall–Kier alpha value is -0.980. The summed E-state index contributed by atoms with van der Waals surface area (Å²) in [5.74, 6) is 1.88. The van der Waals surface area contributed by atoms with E-state index >= 15 is 0 Å². The average Bonchev–Trinajstić information content (AvgIpc) is 2.97. The predicted molar refractivity (Wildman–Crippen MR) is 58.8 cm³/mol. The van der Waals surface area contributed by atoms with Crippen molar-refractivity contribution in [1.29, 1.82) is 0 Å². The van der Waals surface area contributed by atoms with Crippen LogP contribution in [-0.4, -0.2) is 6.61 Å². The van der Waals surface area contributed by atoms with E-state index in [4.69, 9.17) is 4.74 Å². The fourth-order valence-corrected chi connectivity index (χ4v) is 1.61. The molecule has 1 aliphatic rings. The molecule has 0 N–H and O–H groups in total. The molecule has 1 aliphatic carbocycles. The van der Waals surface area contributed by atoms with Crippen LogP contribution in [0.1, 0.15) is 30.9 Å². The number of ether oxygens (including phenoxy) is 1. The van der Waals surface area contributed by atoms with Gasteiger partial charge < -0.3 is 4.74 Å². The maximum atomic E-state index is 5.75. The zero-order valence-electron chi connectivity index (χ0n) is 9.05. The first-order valence-corrected chi connectivity index (χ1v) is 5.51. The van der Waals surface area contributed by atoms with E-state index in [0.717, 1.165) is 24.7 Å². The lowest BCUT2D eigenvalue weighted by Gasteiger charge is -2.08. The first kappa shape index (κ1) is 9.57. The van der Waals surface area contributed by atoms with Crippen molar-refractivity contribution in [3.63, 3.8) is 0 Å². The molecule has 0 bridgehead atoms. The van der Waals surface area contributed by atoms with Gasteiger partial charge in [0, 0.05) is 0 Å². The highest BCUT2D eigenvalue weighted by Gasteiger charge is 2.21. The monoisotopic (exact) mass is 190 g/mol. The zero-order valence-corrected chi connectivity index (χ0v) is 9.05. The summed E-state index contributed by atoms with van der Waals surface area (Å²) in [5, 5.41) is 0. The molecule has 0 radical (unpaired) electrons. The minimum Gasteiger partial charge on any atom is -0.493 e. The van der Waals surface area contributed by atoms with Crippen LogP contribution in [0, 0.1) is 12.8 Å². The summed E-state index contributed by atoms with van der Waals surface area (Å²) >= 11 is 0. The fraction of sp³-hybridized carbons (Fsp3) is 0.538. The van der Waals surface area contributed by atoms with Crippen molar-refractivity contribution in [3.8, 4) is 5.75 Å². The van der Waals surface area contributed by atoms with Crippen LogP contribution < -0.4 is 4.74 Å². The molecular formula is C13H18O. The molecule has 1 fully saturated rings. The van der Waals surface area contributed by atoms with Gasteiger partial charge in [-0.05, 0) is 55.4 Å². The lowest BCUT2D eigenvalue weighted by Crippen LogP contribution is -1.99. The molecule has 0 saturated heterocycles. The Labute approximate surface area is 86.1 Å². The van der Waals surface area contributed by atoms with Crippen LogP contribution in [0.15, 0.2) is 18.2 Å². The Morgan fingerprint density at radius 2 is 2.07 bits per heavy atom. The summed E-state index contributed by atoms with van der Waals surface area (Å²) in [5.41, 5.74) is 2.67. The molecule has 0 heterocycles. The standard InChI is InChI=1S/C13H18O/c1-3-11-6-10(2)7-13(8-11)14-9-12-4-5-12/h6-8,12H,3-5,9H2,1-2H3. The van der Waals surface area contributed by atoms with Gasteiger partial charge in [-0.15, -0.1) is 0 Å². The number of aryl methyl sites for hydroxylation is 2. The molecule has 0 aliphatic heterocycles. The first-order valence-electron chi connectivity index (χ1n) is 5.51. The summed E-state index contributed by atoms with van der Waals surface area (Å²) in [6.07, 6.45) is 3.79. The first-order chi connectivity index (χ1) is 6.78. The minimum absolute atomic E-state index is 0.834. The Kier molecular flexibility index (Phi) is 2.76. The summed E-state index contributed by atoms with van der Waals surface area (Å²) in [4.78, 5) is 0. The molecule has 2 rings (SSSR count). The van der Waals surface area contributed by atoms with Gasteiger partial charge in [0.25, 0.3) is 0 Å². The van der Waals surface area contributed by atoms with Gasteiger partial charge in [0.15, 0.2) is 0 Å². The molecule has 1 heteroatoms. The van der Waals surface area contributed by atoms with Crippen LogP contribution in [0.4, 0.5) is 0 Å². The van der Waals surface area contributed by atoms with Gasteiger partial charge in [0.1, 0.15) is 5.75 Å². The molecule has 76 valence electrons. The molecule has 1 saturated carbocycles. The van der Waals surface area contributed by atoms with Gasteiger partial charge in [-0.2, -0.15) is 0 Å². The van der Waals surface area contributed by atoms with Crippen LogP contribution >= 0.6 is 0 Å². The molecule has 0 amide bonds. The lowest BCUT2D eigenvalue weighted by atomic mass is 10.1. The number of benzene rings is 1. The summed E-state index contributed by atoms with van der Waals surface area (Å²) in [6, 6.07) is 6.51. The molecular weight excluding hydrogens is 172 g/mol. The van der Waals surface area contributed by atoms with Crippen LogP contribution in [0.5, 0.6) is 5.75 Å². The maximum Gasteiger partial charge on any atom is 0.119 e. The number of hydrogen-bond donors (Lipinski definition) is 0. The average molecular weight is 190 g/mol. The second-order valence-electron chi connectivity index (χ2n) is 4.26. The van der Waals surface area contributed by atoms with Gasteiger partial charge in [-0.3, -0.25) is 0 Å². The van der Waals surface area contributed by atoms with Crippen LogP contribution in [0.3, 0.4) is 0 Å². The van der Waals surface area contributed by atoms with Crippen molar-refractivity contribution in [2.45, 2.75) is 33.1 Å². The van der Waals surface area contributed by atoms with Gasteiger partial charge in [-0.25, -0.2) is 0 Å². The topological polar surface area (TPSA) is 9.23 Å². The maximum absolute atomic E-state index is 5.75. The van der Waals surface area contributed by atoms with Gasteiger partial charge in [0.2, 0.25) is 0 Å². The quantitative estimate of drug-likeness (QED) is 0.707. The molecule has 0 unspecified atom stereocenters. The second kappa shape index (κ2) is 4.04. The minimum atomic E-state index is 0.834. The summed E-state index contributed by atoms with van der Waals surface area (Å²) in [7, 11) is 0. The predicted octanol–water partition coefficient (Wildman–Crippen LogP) is 3.35. The lowest BCUT2D eigenvalue weighted by molar-refractivity contribution is 0.299. The Balaban J connectivity index is 2.03. The zero-order chi connectivity index (χ0) is 9.97. The van der Waals surface area contributed by atoms with E-state index in [-0.39, 0.29) is 0 Å². The highest BCUT2D eigenvalue weighted by molar-refractivity contribution is 5.33. The molecule has 0 atom stereocenters. The third-order valence-corrected chi connectivity index (χ3v) is 2.70. The van der Waals surface area contributed by atoms with E-state index in [0.29, 0.717) is 0 Å². The molecule has 0 aromatic heterocycles. The van der Waals surface area contributed by atoms with E-state index in [2.05, 4.69) is 32.0 Å². The van der Waals surface area contributed by atoms with Crippen LogP contribution in [-0.2, 0) is 6.42 Å². The Morgan fingerprint density at radius 1 is 1.29 bits per heavy atom. The van der Waals surface area contributed by atoms with Crippen molar-refractivity contribution < 1.29 is 4.74 Å². The normalized spacial score (nSPS) is 15.6. The molecule has 0 spiro atoms. The second-order valence-corrected chi connectivity index (χ2v) is 4.26. The Bertz CT molecular complexity index is 313. The van der Waals surface area contributed by atoms with E-state index in [9.17, 15) is 0 Å². The molecule has 1 nitrogen and oxygen atoms in total. The van der Waals surface area contributed by atoms with Crippen molar-refractivity contribution in [2.75, 3.05) is 6.61 Å².